The molecule has 0 spiro atoms. The average molecular weight is 293 g/mol. The number of carbonyl (C=O) groups excluding carboxylic acids is 1. The molecule has 0 bridgehead atoms. The molecule has 0 unspecified atom stereocenters. The molecule has 0 aromatic heterocycles. The molecular weight excluding hydrogens is 287 g/mol. The maximum atomic E-state index is 13.4. The lowest BCUT2D eigenvalue weighted by molar-refractivity contribution is -0.170. The van der Waals surface area contributed by atoms with E-state index < -0.39 is 47.8 Å². The molecule has 0 heterocycles. The van der Waals surface area contributed by atoms with Gasteiger partial charge in [-0.15, -0.1) is 0 Å². The van der Waals surface area contributed by atoms with Gasteiger partial charge in [0.2, 0.25) is 5.78 Å². The normalized spacial score (nSPS) is 11.1. The van der Waals surface area contributed by atoms with Crippen molar-refractivity contribution in [1.29, 1.82) is 5.26 Å². The van der Waals surface area contributed by atoms with Crippen molar-refractivity contribution >= 4 is 11.5 Å². The summed E-state index contributed by atoms with van der Waals surface area (Å²) < 4.78 is 62.2. The van der Waals surface area contributed by atoms with Crippen molar-refractivity contribution < 1.29 is 26.7 Å². The number of nitriles is 1. The van der Waals surface area contributed by atoms with Crippen LogP contribution in [-0.4, -0.2) is 18.5 Å². The van der Waals surface area contributed by atoms with E-state index in [4.69, 9.17) is 5.26 Å². The Labute approximate surface area is 109 Å². The number of benzene rings is 1. The topological polar surface area (TPSA) is 67.2 Å². The molecule has 0 saturated carbocycles. The van der Waals surface area contributed by atoms with E-state index in [2.05, 4.69) is 0 Å². The first-order valence-electron chi connectivity index (χ1n) is 5.10. The lowest BCUT2D eigenvalue weighted by atomic mass is 10.2. The minimum absolute atomic E-state index is 0.275. The van der Waals surface area contributed by atoms with Crippen LogP contribution in [0.1, 0.15) is 12.0 Å². The predicted molar refractivity (Wildman–Crippen MR) is 57.5 cm³/mol. The van der Waals surface area contributed by atoms with E-state index >= 15 is 0 Å². The molecule has 0 amide bonds. The zero-order valence-corrected chi connectivity index (χ0v) is 9.67. The first kappa shape index (κ1) is 15.8. The van der Waals surface area contributed by atoms with Crippen LogP contribution in [0.15, 0.2) is 12.1 Å². The summed E-state index contributed by atoms with van der Waals surface area (Å²) >= 11 is 0. The van der Waals surface area contributed by atoms with Crippen molar-refractivity contribution in [2.45, 2.75) is 12.6 Å². The summed E-state index contributed by atoms with van der Waals surface area (Å²) in [6.07, 6.45) is -6.27. The number of rotatable bonds is 4. The number of Topliss-reactive ketones (excluding diaryl/α,β-unsaturated/α-hetero) is 1. The largest absolute Gasteiger partial charge is 0.758 e. The van der Waals surface area contributed by atoms with E-state index in [-0.39, 0.29) is 5.06 Å². The highest BCUT2D eigenvalue weighted by atomic mass is 19.4. The fourth-order valence-corrected chi connectivity index (χ4v) is 1.28. The second kappa shape index (κ2) is 5.83. The van der Waals surface area contributed by atoms with Gasteiger partial charge in [0.05, 0.1) is 11.3 Å². The van der Waals surface area contributed by atoms with Crippen molar-refractivity contribution in [1.82, 2.24) is 0 Å². The molecule has 0 aliphatic rings. The number of hydrogen-bond donors (Lipinski definition) is 0. The van der Waals surface area contributed by atoms with Crippen molar-refractivity contribution in [3.8, 4) is 6.07 Å². The molecule has 20 heavy (non-hydrogen) atoms. The summed E-state index contributed by atoms with van der Waals surface area (Å²) in [5.41, 5.74) is -1.53. The van der Waals surface area contributed by atoms with Gasteiger partial charge in [-0.25, -0.2) is 8.78 Å². The van der Waals surface area contributed by atoms with Crippen LogP contribution < -0.4 is 5.06 Å². The highest BCUT2D eigenvalue weighted by molar-refractivity contribution is 5.84. The lowest BCUT2D eigenvalue weighted by Crippen LogP contribution is -2.28. The Morgan fingerprint density at radius 2 is 1.90 bits per heavy atom. The van der Waals surface area contributed by atoms with Crippen LogP contribution in [0.4, 0.5) is 27.6 Å². The van der Waals surface area contributed by atoms with Crippen LogP contribution in [0.3, 0.4) is 0 Å². The third-order valence-electron chi connectivity index (χ3n) is 2.28. The molecule has 9 heteroatoms. The molecule has 1 aromatic rings. The number of carbonyl (C=O) groups is 1. The molecule has 4 nitrogen and oxygen atoms in total. The Balaban J connectivity index is 2.84. The molecule has 1 rings (SSSR count). The van der Waals surface area contributed by atoms with Gasteiger partial charge in [-0.3, -0.25) is 4.79 Å². The molecule has 0 saturated heterocycles. The minimum atomic E-state index is -5.09. The summed E-state index contributed by atoms with van der Waals surface area (Å²) in [4.78, 5) is 10.6. The van der Waals surface area contributed by atoms with Gasteiger partial charge in [0.1, 0.15) is 17.7 Å². The van der Waals surface area contributed by atoms with Crippen molar-refractivity contribution in [2.75, 3.05) is 11.6 Å². The Morgan fingerprint density at radius 1 is 1.30 bits per heavy atom. The molecule has 0 atom stereocenters. The quantitative estimate of drug-likeness (QED) is 0.632. The molecule has 0 aliphatic heterocycles. The van der Waals surface area contributed by atoms with Crippen LogP contribution in [0.25, 0.3) is 0 Å². The molecule has 1 aromatic carbocycles. The van der Waals surface area contributed by atoms with E-state index in [9.17, 15) is 32.0 Å². The summed E-state index contributed by atoms with van der Waals surface area (Å²) in [7, 11) is 0. The fourth-order valence-electron chi connectivity index (χ4n) is 1.28. The second-order valence-electron chi connectivity index (χ2n) is 3.67. The second-order valence-corrected chi connectivity index (χ2v) is 3.67. The van der Waals surface area contributed by atoms with Crippen LogP contribution in [0, 0.1) is 28.2 Å². The van der Waals surface area contributed by atoms with Gasteiger partial charge in [0.25, 0.3) is 0 Å². The lowest BCUT2D eigenvalue weighted by Gasteiger charge is -2.30. The maximum absolute atomic E-state index is 13.4. The van der Waals surface area contributed by atoms with E-state index in [1.807, 2.05) is 0 Å². The average Bonchev–Trinajstić information content (AvgIpc) is 2.36. The number of hydrogen-bond acceptors (Lipinski definition) is 4. The van der Waals surface area contributed by atoms with Crippen molar-refractivity contribution in [3.63, 3.8) is 0 Å². The molecular formula is C11H6F5N2O2-. The van der Waals surface area contributed by atoms with Gasteiger partial charge in [-0.05, 0) is 6.07 Å². The third kappa shape index (κ3) is 3.64. The summed E-state index contributed by atoms with van der Waals surface area (Å²) in [5.74, 6) is -4.60. The minimum Gasteiger partial charge on any atom is -0.758 e. The van der Waals surface area contributed by atoms with E-state index in [0.29, 0.717) is 12.1 Å². The number of anilines is 1. The number of ketones is 1. The molecule has 0 aliphatic carbocycles. The van der Waals surface area contributed by atoms with Crippen molar-refractivity contribution in [3.05, 3.63) is 34.5 Å². The molecule has 108 valence electrons. The first-order chi connectivity index (χ1) is 9.16. The van der Waals surface area contributed by atoms with Gasteiger partial charge in [-0.1, -0.05) is 0 Å². The van der Waals surface area contributed by atoms with Gasteiger partial charge < -0.3 is 10.3 Å². The predicted octanol–water partition coefficient (Wildman–Crippen LogP) is 2.66. The number of nitrogens with zero attached hydrogens (tertiary/aromatic N) is 2. The smallest absolute Gasteiger partial charge is 0.450 e. The zero-order chi connectivity index (χ0) is 15.5. The van der Waals surface area contributed by atoms with Crippen LogP contribution in [0.2, 0.25) is 0 Å². The highest BCUT2D eigenvalue weighted by Gasteiger charge is 2.37. The third-order valence-corrected chi connectivity index (χ3v) is 2.28. The van der Waals surface area contributed by atoms with Crippen LogP contribution >= 0.6 is 0 Å². The number of halogens is 5. The zero-order valence-electron chi connectivity index (χ0n) is 9.67. The van der Waals surface area contributed by atoms with Gasteiger partial charge >= 0.3 is 6.18 Å². The van der Waals surface area contributed by atoms with Gasteiger partial charge in [-0.2, -0.15) is 18.4 Å². The van der Waals surface area contributed by atoms with Gasteiger partial charge in [0, 0.05) is 19.0 Å². The Hall–Kier alpha value is -2.21. The van der Waals surface area contributed by atoms with E-state index in [1.54, 1.807) is 0 Å². The number of alkyl halides is 3. The highest BCUT2D eigenvalue weighted by Crippen LogP contribution is 2.24. The summed E-state index contributed by atoms with van der Waals surface area (Å²) in [6.45, 7) is -0.986. The SMILES string of the molecule is N#Cc1cc(F)c(N([O-])CCC(=O)C(F)(F)F)cc1F. The fraction of sp³-hybridized carbons (Fsp3) is 0.273. The van der Waals surface area contributed by atoms with Crippen LogP contribution in [0.5, 0.6) is 0 Å². The van der Waals surface area contributed by atoms with Crippen molar-refractivity contribution in [2.24, 2.45) is 0 Å². The monoisotopic (exact) mass is 293 g/mol. The van der Waals surface area contributed by atoms with Gasteiger partial charge in [0.15, 0.2) is 0 Å². The Morgan fingerprint density at radius 3 is 2.40 bits per heavy atom. The van der Waals surface area contributed by atoms with Crippen LogP contribution in [-0.2, 0) is 4.79 Å². The number of hydroxylamine groups is 1. The summed E-state index contributed by atoms with van der Waals surface area (Å²) in [6, 6.07) is 2.17. The Kier molecular flexibility index (Phi) is 4.62. The van der Waals surface area contributed by atoms with E-state index in [0.717, 1.165) is 0 Å². The first-order valence-corrected chi connectivity index (χ1v) is 5.10. The molecule has 0 fully saturated rings. The molecule has 0 radical (unpaired) electrons. The standard InChI is InChI=1S/C11H6F5N2O2/c12-7-4-9(8(13)3-6(7)5-17)18(20)2-1-10(19)11(14,15)16/h3-4H,1-2H2/q-1. The molecule has 0 N–H and O–H groups in total. The Bertz CT molecular complexity index is 565. The maximum Gasteiger partial charge on any atom is 0.450 e. The summed E-state index contributed by atoms with van der Waals surface area (Å²) in [5, 5.41) is 19.5. The van der Waals surface area contributed by atoms with E-state index in [1.165, 1.54) is 6.07 Å².